The average molecular weight is 269 g/mol. The standard InChI is InChI=1S/C12H15NO4S/c1-2-8(12(16)17)13-11(15)6-5-9(14)10-4-3-7-18-10/h3-4,7-8H,2,5-6H2,1H3,(H,13,15)(H,16,17). The van der Waals surface area contributed by atoms with Gasteiger partial charge in [0.1, 0.15) is 6.04 Å². The summed E-state index contributed by atoms with van der Waals surface area (Å²) in [6.45, 7) is 1.68. The lowest BCUT2D eigenvalue weighted by Gasteiger charge is -2.11. The van der Waals surface area contributed by atoms with Gasteiger partial charge in [-0.15, -0.1) is 11.3 Å². The number of ketones is 1. The molecule has 1 rings (SSSR count). The second-order valence-corrected chi connectivity index (χ2v) is 4.71. The molecule has 1 amide bonds. The maximum Gasteiger partial charge on any atom is 0.326 e. The number of carbonyl (C=O) groups is 3. The zero-order chi connectivity index (χ0) is 13.5. The summed E-state index contributed by atoms with van der Waals surface area (Å²) in [4.78, 5) is 34.4. The third-order valence-electron chi connectivity index (χ3n) is 2.42. The van der Waals surface area contributed by atoms with Crippen LogP contribution in [0.15, 0.2) is 17.5 Å². The van der Waals surface area contributed by atoms with Crippen LogP contribution in [-0.2, 0) is 9.59 Å². The van der Waals surface area contributed by atoms with Gasteiger partial charge in [-0.2, -0.15) is 0 Å². The van der Waals surface area contributed by atoms with Crippen LogP contribution in [0, 0.1) is 0 Å². The minimum atomic E-state index is -1.06. The summed E-state index contributed by atoms with van der Waals surface area (Å²) < 4.78 is 0. The van der Waals surface area contributed by atoms with Gasteiger partial charge in [0.2, 0.25) is 5.91 Å². The molecule has 1 heterocycles. The van der Waals surface area contributed by atoms with Gasteiger partial charge in [-0.1, -0.05) is 13.0 Å². The van der Waals surface area contributed by atoms with Crippen molar-refractivity contribution < 1.29 is 19.5 Å². The number of amides is 1. The Balaban J connectivity index is 2.37. The summed E-state index contributed by atoms with van der Waals surface area (Å²) in [6.07, 6.45) is 0.433. The third kappa shape index (κ3) is 4.29. The highest BCUT2D eigenvalue weighted by Gasteiger charge is 2.18. The van der Waals surface area contributed by atoms with Crippen LogP contribution in [0.5, 0.6) is 0 Å². The van der Waals surface area contributed by atoms with Crippen LogP contribution in [0.1, 0.15) is 35.9 Å². The van der Waals surface area contributed by atoms with E-state index < -0.39 is 17.9 Å². The maximum atomic E-state index is 11.6. The fraction of sp³-hybridized carbons (Fsp3) is 0.417. The number of carboxylic acids is 1. The average Bonchev–Trinajstić information content (AvgIpc) is 2.86. The molecule has 98 valence electrons. The Bertz CT molecular complexity index is 427. The van der Waals surface area contributed by atoms with E-state index in [4.69, 9.17) is 5.11 Å². The molecular weight excluding hydrogens is 254 g/mol. The minimum Gasteiger partial charge on any atom is -0.480 e. The number of hydrogen-bond donors (Lipinski definition) is 2. The maximum absolute atomic E-state index is 11.6. The van der Waals surface area contributed by atoms with Crippen molar-refractivity contribution in [3.63, 3.8) is 0 Å². The molecule has 0 aliphatic heterocycles. The zero-order valence-electron chi connectivity index (χ0n) is 10.0. The number of Topliss-reactive ketones (excluding diaryl/α,β-unsaturated/α-hetero) is 1. The Morgan fingerprint density at radius 3 is 2.61 bits per heavy atom. The highest BCUT2D eigenvalue weighted by molar-refractivity contribution is 7.12. The number of hydrogen-bond acceptors (Lipinski definition) is 4. The summed E-state index contributed by atoms with van der Waals surface area (Å²) >= 11 is 1.33. The van der Waals surface area contributed by atoms with E-state index in [0.29, 0.717) is 11.3 Å². The van der Waals surface area contributed by atoms with Crippen molar-refractivity contribution in [2.45, 2.75) is 32.2 Å². The first-order chi connectivity index (χ1) is 8.54. The second-order valence-electron chi connectivity index (χ2n) is 3.77. The predicted molar refractivity (Wildman–Crippen MR) is 67.7 cm³/mol. The summed E-state index contributed by atoms with van der Waals surface area (Å²) in [5.41, 5.74) is 0. The van der Waals surface area contributed by atoms with E-state index in [1.807, 2.05) is 0 Å². The van der Waals surface area contributed by atoms with Crippen LogP contribution in [0.2, 0.25) is 0 Å². The largest absolute Gasteiger partial charge is 0.480 e. The van der Waals surface area contributed by atoms with Crippen molar-refractivity contribution in [2.24, 2.45) is 0 Å². The van der Waals surface area contributed by atoms with Crippen LogP contribution >= 0.6 is 11.3 Å². The molecule has 0 aliphatic carbocycles. The van der Waals surface area contributed by atoms with E-state index in [0.717, 1.165) is 0 Å². The molecule has 0 saturated heterocycles. The lowest BCUT2D eigenvalue weighted by Crippen LogP contribution is -2.40. The highest BCUT2D eigenvalue weighted by Crippen LogP contribution is 2.12. The molecule has 0 saturated carbocycles. The molecule has 0 aromatic carbocycles. The van der Waals surface area contributed by atoms with Gasteiger partial charge in [-0.05, 0) is 17.9 Å². The molecule has 6 heteroatoms. The number of carbonyl (C=O) groups excluding carboxylic acids is 2. The number of nitrogens with one attached hydrogen (secondary N) is 1. The van der Waals surface area contributed by atoms with Gasteiger partial charge in [0, 0.05) is 12.8 Å². The second kappa shape index (κ2) is 6.90. The van der Waals surface area contributed by atoms with Crippen LogP contribution in [0.3, 0.4) is 0 Å². The molecule has 0 fully saturated rings. The SMILES string of the molecule is CCC(NC(=O)CCC(=O)c1cccs1)C(=O)O. The van der Waals surface area contributed by atoms with Gasteiger partial charge in [0.25, 0.3) is 0 Å². The van der Waals surface area contributed by atoms with Crippen molar-refractivity contribution in [2.75, 3.05) is 0 Å². The van der Waals surface area contributed by atoms with Crippen LogP contribution in [-0.4, -0.2) is 28.8 Å². The van der Waals surface area contributed by atoms with Crippen molar-refractivity contribution in [1.29, 1.82) is 0 Å². The lowest BCUT2D eigenvalue weighted by molar-refractivity contribution is -0.141. The Kier molecular flexibility index (Phi) is 5.51. The first kappa shape index (κ1) is 14.4. The summed E-state index contributed by atoms with van der Waals surface area (Å²) in [5, 5.41) is 12.9. The number of thiophene rings is 1. The number of carboxylic acid groups (broad SMARTS) is 1. The Hall–Kier alpha value is -1.69. The molecule has 2 N–H and O–H groups in total. The molecule has 18 heavy (non-hydrogen) atoms. The molecule has 0 radical (unpaired) electrons. The summed E-state index contributed by atoms with van der Waals surface area (Å²) in [6, 6.07) is 2.60. The molecule has 0 spiro atoms. The van der Waals surface area contributed by atoms with Gasteiger partial charge < -0.3 is 10.4 Å². The van der Waals surface area contributed by atoms with Gasteiger partial charge in [0.05, 0.1) is 4.88 Å². The van der Waals surface area contributed by atoms with E-state index in [2.05, 4.69) is 5.32 Å². The Labute approximate surface area is 109 Å². The summed E-state index contributed by atoms with van der Waals surface area (Å²) in [5.74, 6) is -1.56. The van der Waals surface area contributed by atoms with Gasteiger partial charge in [0.15, 0.2) is 5.78 Å². The lowest BCUT2D eigenvalue weighted by atomic mass is 10.1. The van der Waals surface area contributed by atoms with Crippen molar-refractivity contribution in [3.05, 3.63) is 22.4 Å². The quantitative estimate of drug-likeness (QED) is 0.738. The first-order valence-electron chi connectivity index (χ1n) is 5.63. The topological polar surface area (TPSA) is 83.5 Å². The van der Waals surface area contributed by atoms with E-state index in [1.54, 1.807) is 24.4 Å². The Morgan fingerprint density at radius 2 is 2.11 bits per heavy atom. The number of rotatable bonds is 7. The first-order valence-corrected chi connectivity index (χ1v) is 6.51. The normalized spacial score (nSPS) is 11.8. The fourth-order valence-corrected chi connectivity index (χ4v) is 2.09. The molecular formula is C12H15NO4S. The zero-order valence-corrected chi connectivity index (χ0v) is 10.8. The molecule has 0 aliphatic rings. The minimum absolute atomic E-state index is 0.0144. The van der Waals surface area contributed by atoms with E-state index in [9.17, 15) is 14.4 Å². The van der Waals surface area contributed by atoms with E-state index >= 15 is 0 Å². The van der Waals surface area contributed by atoms with E-state index in [-0.39, 0.29) is 18.6 Å². The predicted octanol–water partition coefficient (Wildman–Crippen LogP) is 1.69. The molecule has 5 nitrogen and oxygen atoms in total. The molecule has 1 unspecified atom stereocenters. The van der Waals surface area contributed by atoms with Gasteiger partial charge in [-0.3, -0.25) is 9.59 Å². The molecule has 1 atom stereocenters. The third-order valence-corrected chi connectivity index (χ3v) is 3.33. The van der Waals surface area contributed by atoms with Crippen LogP contribution in [0.4, 0.5) is 0 Å². The van der Waals surface area contributed by atoms with E-state index in [1.165, 1.54) is 11.3 Å². The van der Waals surface area contributed by atoms with Crippen molar-refractivity contribution in [3.8, 4) is 0 Å². The number of aliphatic carboxylic acids is 1. The van der Waals surface area contributed by atoms with Crippen molar-refractivity contribution >= 4 is 29.0 Å². The van der Waals surface area contributed by atoms with Gasteiger partial charge in [-0.25, -0.2) is 4.79 Å². The molecule has 1 aromatic rings. The molecule has 0 bridgehead atoms. The van der Waals surface area contributed by atoms with Crippen LogP contribution in [0.25, 0.3) is 0 Å². The van der Waals surface area contributed by atoms with Crippen LogP contribution < -0.4 is 5.32 Å². The monoisotopic (exact) mass is 269 g/mol. The smallest absolute Gasteiger partial charge is 0.326 e. The summed E-state index contributed by atoms with van der Waals surface area (Å²) in [7, 11) is 0. The van der Waals surface area contributed by atoms with Crippen molar-refractivity contribution in [1.82, 2.24) is 5.32 Å². The Morgan fingerprint density at radius 1 is 1.39 bits per heavy atom. The fourth-order valence-electron chi connectivity index (χ4n) is 1.39. The van der Waals surface area contributed by atoms with Gasteiger partial charge >= 0.3 is 5.97 Å². The highest BCUT2D eigenvalue weighted by atomic mass is 32.1. The molecule has 1 aromatic heterocycles.